The van der Waals surface area contributed by atoms with E-state index in [0.29, 0.717) is 17.4 Å². The molecule has 0 aliphatic heterocycles. The lowest BCUT2D eigenvalue weighted by Gasteiger charge is -2.04. The van der Waals surface area contributed by atoms with Crippen molar-refractivity contribution in [2.75, 3.05) is 5.32 Å². The first kappa shape index (κ1) is 11.2. The smallest absolute Gasteiger partial charge is 0.224 e. The lowest BCUT2D eigenvalue weighted by Crippen LogP contribution is -2.02. The van der Waals surface area contributed by atoms with Gasteiger partial charge in [-0.2, -0.15) is 4.98 Å². The molecule has 2 aromatic heterocycles. The van der Waals surface area contributed by atoms with Crippen molar-refractivity contribution in [2.24, 2.45) is 0 Å². The second kappa shape index (κ2) is 4.67. The fourth-order valence-electron chi connectivity index (χ4n) is 1.15. The number of hydrogen-bond acceptors (Lipinski definition) is 5. The van der Waals surface area contributed by atoms with Crippen molar-refractivity contribution in [2.45, 2.75) is 13.5 Å². The van der Waals surface area contributed by atoms with E-state index in [1.807, 2.05) is 13.0 Å². The molecule has 0 amide bonds. The molecule has 0 fully saturated rings. The van der Waals surface area contributed by atoms with E-state index in [9.17, 15) is 0 Å². The van der Waals surface area contributed by atoms with Crippen LogP contribution in [0.2, 0.25) is 10.3 Å². The molecule has 0 unspecified atom stereocenters. The van der Waals surface area contributed by atoms with Crippen molar-refractivity contribution in [3.05, 3.63) is 34.0 Å². The van der Waals surface area contributed by atoms with Crippen molar-refractivity contribution in [1.82, 2.24) is 15.1 Å². The molecule has 0 bridgehead atoms. The van der Waals surface area contributed by atoms with Crippen molar-refractivity contribution >= 4 is 29.0 Å². The van der Waals surface area contributed by atoms with Crippen LogP contribution in [0, 0.1) is 6.92 Å². The van der Waals surface area contributed by atoms with Crippen LogP contribution >= 0.6 is 23.2 Å². The number of anilines is 1. The lowest BCUT2D eigenvalue weighted by molar-refractivity contribution is 0.391. The summed E-state index contributed by atoms with van der Waals surface area (Å²) in [6, 6.07) is 1.82. The molecule has 0 saturated carbocycles. The van der Waals surface area contributed by atoms with E-state index in [0.717, 1.165) is 11.5 Å². The van der Waals surface area contributed by atoms with Gasteiger partial charge in [0.2, 0.25) is 5.28 Å². The van der Waals surface area contributed by atoms with Crippen LogP contribution in [0.25, 0.3) is 0 Å². The maximum Gasteiger partial charge on any atom is 0.224 e. The number of aryl methyl sites for hydroxylation is 1. The van der Waals surface area contributed by atoms with E-state index < -0.39 is 0 Å². The molecule has 2 rings (SSSR count). The topological polar surface area (TPSA) is 63.8 Å². The predicted octanol–water partition coefficient (Wildman–Crippen LogP) is 2.69. The third kappa shape index (κ3) is 2.62. The lowest BCUT2D eigenvalue weighted by atomic mass is 10.4. The molecule has 0 atom stereocenters. The summed E-state index contributed by atoms with van der Waals surface area (Å²) in [4.78, 5) is 7.69. The van der Waals surface area contributed by atoms with Gasteiger partial charge in [-0.3, -0.25) is 0 Å². The average molecular weight is 259 g/mol. The molecule has 5 nitrogen and oxygen atoms in total. The van der Waals surface area contributed by atoms with Crippen LogP contribution in [-0.2, 0) is 6.54 Å². The van der Waals surface area contributed by atoms with Crippen LogP contribution in [-0.4, -0.2) is 15.1 Å². The highest BCUT2D eigenvalue weighted by molar-refractivity contribution is 6.33. The molecule has 84 valence electrons. The van der Waals surface area contributed by atoms with Gasteiger partial charge >= 0.3 is 0 Å². The predicted molar refractivity (Wildman–Crippen MR) is 60.6 cm³/mol. The van der Waals surface area contributed by atoms with Crippen molar-refractivity contribution in [3.63, 3.8) is 0 Å². The summed E-state index contributed by atoms with van der Waals surface area (Å²) in [5, 5.41) is 7.37. The average Bonchev–Trinajstić information content (AvgIpc) is 2.66. The summed E-state index contributed by atoms with van der Waals surface area (Å²) in [5.74, 6) is 1.23. The Morgan fingerprint density at radius 1 is 1.44 bits per heavy atom. The van der Waals surface area contributed by atoms with E-state index in [1.54, 1.807) is 0 Å². The quantitative estimate of drug-likeness (QED) is 0.858. The fraction of sp³-hybridized carbons (Fsp3) is 0.222. The zero-order valence-electron chi connectivity index (χ0n) is 8.37. The number of rotatable bonds is 3. The van der Waals surface area contributed by atoms with Gasteiger partial charge < -0.3 is 9.84 Å². The molecule has 16 heavy (non-hydrogen) atoms. The second-order valence-electron chi connectivity index (χ2n) is 3.12. The standard InChI is InChI=1S/C9H8Cl2N4O/c1-5-2-6(15-16-5)3-12-8-7(10)4-13-9(11)14-8/h2,4H,3H2,1H3,(H,12,13,14). The Morgan fingerprint density at radius 2 is 2.25 bits per heavy atom. The first-order chi connectivity index (χ1) is 7.65. The molecular weight excluding hydrogens is 251 g/mol. The first-order valence-electron chi connectivity index (χ1n) is 4.49. The van der Waals surface area contributed by atoms with Crippen LogP contribution in [0.15, 0.2) is 16.8 Å². The van der Waals surface area contributed by atoms with E-state index in [4.69, 9.17) is 27.7 Å². The van der Waals surface area contributed by atoms with Gasteiger partial charge in [-0.25, -0.2) is 4.98 Å². The Hall–Kier alpha value is -1.33. The van der Waals surface area contributed by atoms with Gasteiger partial charge in [0.1, 0.15) is 22.3 Å². The summed E-state index contributed by atoms with van der Waals surface area (Å²) in [6.07, 6.45) is 1.44. The van der Waals surface area contributed by atoms with E-state index in [1.165, 1.54) is 6.20 Å². The maximum atomic E-state index is 5.88. The fourth-order valence-corrected chi connectivity index (χ4v) is 1.44. The highest BCUT2D eigenvalue weighted by atomic mass is 35.5. The SMILES string of the molecule is Cc1cc(CNc2nc(Cl)ncc2Cl)no1. The number of hydrogen-bond donors (Lipinski definition) is 1. The normalized spacial score (nSPS) is 10.4. The van der Waals surface area contributed by atoms with Crippen molar-refractivity contribution in [1.29, 1.82) is 0 Å². The second-order valence-corrected chi connectivity index (χ2v) is 3.86. The summed E-state index contributed by atoms with van der Waals surface area (Å²) >= 11 is 11.5. The minimum atomic E-state index is 0.142. The monoisotopic (exact) mass is 258 g/mol. The van der Waals surface area contributed by atoms with Crippen LogP contribution in [0.4, 0.5) is 5.82 Å². The molecule has 0 radical (unpaired) electrons. The molecule has 1 N–H and O–H groups in total. The Balaban J connectivity index is 2.07. The van der Waals surface area contributed by atoms with Crippen LogP contribution < -0.4 is 5.32 Å². The van der Waals surface area contributed by atoms with Crippen LogP contribution in [0.5, 0.6) is 0 Å². The zero-order chi connectivity index (χ0) is 11.5. The summed E-state index contributed by atoms with van der Waals surface area (Å²) in [7, 11) is 0. The van der Waals surface area contributed by atoms with E-state index in [2.05, 4.69) is 20.4 Å². The Kier molecular flexibility index (Phi) is 3.26. The summed E-state index contributed by atoms with van der Waals surface area (Å²) in [6.45, 7) is 2.29. The van der Waals surface area contributed by atoms with E-state index >= 15 is 0 Å². The number of halogens is 2. The van der Waals surface area contributed by atoms with Gasteiger partial charge in [0, 0.05) is 6.07 Å². The molecular formula is C9H8Cl2N4O. The Morgan fingerprint density at radius 3 is 2.94 bits per heavy atom. The summed E-state index contributed by atoms with van der Waals surface area (Å²) < 4.78 is 4.93. The van der Waals surface area contributed by atoms with Crippen molar-refractivity contribution in [3.8, 4) is 0 Å². The minimum absolute atomic E-state index is 0.142. The maximum absolute atomic E-state index is 5.88. The molecule has 0 aliphatic carbocycles. The van der Waals surface area contributed by atoms with E-state index in [-0.39, 0.29) is 5.28 Å². The number of nitrogens with zero attached hydrogens (tertiary/aromatic N) is 3. The molecule has 0 spiro atoms. The molecule has 0 aromatic carbocycles. The van der Waals surface area contributed by atoms with Gasteiger partial charge in [-0.1, -0.05) is 16.8 Å². The van der Waals surface area contributed by atoms with Gasteiger partial charge in [-0.15, -0.1) is 0 Å². The Bertz CT molecular complexity index is 500. The zero-order valence-corrected chi connectivity index (χ0v) is 9.88. The molecule has 0 saturated heterocycles. The number of nitrogens with one attached hydrogen (secondary N) is 1. The molecule has 2 aromatic rings. The minimum Gasteiger partial charge on any atom is -0.363 e. The molecule has 7 heteroatoms. The molecule has 0 aliphatic rings. The summed E-state index contributed by atoms with van der Waals surface area (Å²) in [5.41, 5.74) is 0.767. The van der Waals surface area contributed by atoms with Crippen LogP contribution in [0.1, 0.15) is 11.5 Å². The van der Waals surface area contributed by atoms with Gasteiger partial charge in [0.05, 0.1) is 12.7 Å². The third-order valence-corrected chi connectivity index (χ3v) is 2.29. The van der Waals surface area contributed by atoms with Gasteiger partial charge in [0.25, 0.3) is 0 Å². The van der Waals surface area contributed by atoms with Crippen LogP contribution in [0.3, 0.4) is 0 Å². The highest BCUT2D eigenvalue weighted by Gasteiger charge is 2.05. The Labute approximate surface area is 102 Å². The largest absolute Gasteiger partial charge is 0.363 e. The molecule has 2 heterocycles. The van der Waals surface area contributed by atoms with Gasteiger partial charge in [0.15, 0.2) is 0 Å². The van der Waals surface area contributed by atoms with Gasteiger partial charge in [-0.05, 0) is 18.5 Å². The highest BCUT2D eigenvalue weighted by Crippen LogP contribution is 2.19. The first-order valence-corrected chi connectivity index (χ1v) is 5.25. The number of aromatic nitrogens is 3. The van der Waals surface area contributed by atoms with Crippen molar-refractivity contribution < 1.29 is 4.52 Å². The third-order valence-electron chi connectivity index (χ3n) is 1.83.